The van der Waals surface area contributed by atoms with Crippen molar-refractivity contribution in [1.29, 1.82) is 0 Å². The Hall–Kier alpha value is -1.15. The van der Waals surface area contributed by atoms with Crippen LogP contribution in [0.4, 0.5) is 0 Å². The van der Waals surface area contributed by atoms with E-state index in [1.54, 1.807) is 0 Å². The first-order valence-electron chi connectivity index (χ1n) is 7.79. The van der Waals surface area contributed by atoms with Crippen molar-refractivity contribution >= 4 is 5.78 Å². The zero-order valence-electron chi connectivity index (χ0n) is 13.4. The number of carbonyl (C=O) groups is 1. The van der Waals surface area contributed by atoms with E-state index in [1.165, 1.54) is 12.8 Å². The summed E-state index contributed by atoms with van der Waals surface area (Å²) in [6.07, 6.45) is 2.48. The third-order valence-electron chi connectivity index (χ3n) is 4.96. The van der Waals surface area contributed by atoms with Crippen LogP contribution in [0.1, 0.15) is 55.1 Å². The molecule has 0 radical (unpaired) electrons. The molecule has 20 heavy (non-hydrogen) atoms. The van der Waals surface area contributed by atoms with Crippen LogP contribution in [-0.4, -0.2) is 29.3 Å². The maximum Gasteiger partial charge on any atom is 0.179 e. The number of Topliss-reactive ketones (excluding diaryl/α,β-unsaturated/α-hetero) is 1. The summed E-state index contributed by atoms with van der Waals surface area (Å²) in [5.74, 6) is 0.949. The molecule has 1 saturated heterocycles. The standard InChI is InChI=1S/C18H27NO/c1-12-8-9-14(3)17(11-12)18(20)16(5)19-10-6-7-13(2)15(19)4/h8-9,11,13,15-16H,6-7,10H2,1-5H3. The van der Waals surface area contributed by atoms with Crippen LogP contribution >= 0.6 is 0 Å². The van der Waals surface area contributed by atoms with Gasteiger partial charge in [-0.3, -0.25) is 9.69 Å². The molecule has 1 aromatic carbocycles. The number of carbonyl (C=O) groups excluding carboxylic acids is 1. The van der Waals surface area contributed by atoms with Crippen molar-refractivity contribution in [2.24, 2.45) is 5.92 Å². The minimum atomic E-state index is -0.0201. The minimum absolute atomic E-state index is 0.0201. The molecule has 0 amide bonds. The van der Waals surface area contributed by atoms with Gasteiger partial charge < -0.3 is 0 Å². The molecule has 1 aromatic rings. The lowest BCUT2D eigenvalue weighted by Gasteiger charge is -2.41. The predicted molar refractivity (Wildman–Crippen MR) is 84.3 cm³/mol. The number of likely N-dealkylation sites (tertiary alicyclic amines) is 1. The van der Waals surface area contributed by atoms with Gasteiger partial charge in [-0.05, 0) is 64.6 Å². The average Bonchev–Trinajstić information content (AvgIpc) is 2.43. The lowest BCUT2D eigenvalue weighted by molar-refractivity contribution is 0.0568. The molecule has 1 aliphatic rings. The molecule has 0 spiro atoms. The fourth-order valence-electron chi connectivity index (χ4n) is 3.29. The second kappa shape index (κ2) is 6.09. The van der Waals surface area contributed by atoms with E-state index < -0.39 is 0 Å². The highest BCUT2D eigenvalue weighted by Crippen LogP contribution is 2.26. The number of nitrogens with zero attached hydrogens (tertiary/aromatic N) is 1. The maximum atomic E-state index is 12.8. The Balaban J connectivity index is 2.21. The van der Waals surface area contributed by atoms with Gasteiger partial charge in [0.1, 0.15) is 0 Å². The number of benzene rings is 1. The second-order valence-corrected chi connectivity index (χ2v) is 6.46. The van der Waals surface area contributed by atoms with E-state index in [0.717, 1.165) is 23.2 Å². The van der Waals surface area contributed by atoms with Gasteiger partial charge in [0.25, 0.3) is 0 Å². The quantitative estimate of drug-likeness (QED) is 0.776. The van der Waals surface area contributed by atoms with E-state index in [2.05, 4.69) is 37.8 Å². The van der Waals surface area contributed by atoms with Gasteiger partial charge in [-0.2, -0.15) is 0 Å². The van der Waals surface area contributed by atoms with Crippen molar-refractivity contribution in [3.63, 3.8) is 0 Å². The van der Waals surface area contributed by atoms with Crippen LogP contribution in [0.5, 0.6) is 0 Å². The summed E-state index contributed by atoms with van der Waals surface area (Å²) in [6.45, 7) is 11.7. The Morgan fingerprint density at radius 3 is 2.70 bits per heavy atom. The van der Waals surface area contributed by atoms with Crippen LogP contribution in [0.2, 0.25) is 0 Å². The number of aryl methyl sites for hydroxylation is 2. The highest BCUT2D eigenvalue weighted by molar-refractivity contribution is 6.01. The van der Waals surface area contributed by atoms with Crippen LogP contribution in [0, 0.1) is 19.8 Å². The van der Waals surface area contributed by atoms with E-state index in [4.69, 9.17) is 0 Å². The second-order valence-electron chi connectivity index (χ2n) is 6.46. The SMILES string of the molecule is Cc1ccc(C)c(C(=O)C(C)N2CCCC(C)C2C)c1. The monoisotopic (exact) mass is 273 g/mol. The molecule has 1 heterocycles. The summed E-state index contributed by atoms with van der Waals surface area (Å²) in [6, 6.07) is 6.63. The van der Waals surface area contributed by atoms with Gasteiger partial charge in [-0.15, -0.1) is 0 Å². The van der Waals surface area contributed by atoms with Gasteiger partial charge in [0.2, 0.25) is 0 Å². The molecule has 2 heteroatoms. The molecule has 2 nitrogen and oxygen atoms in total. The fourth-order valence-corrected chi connectivity index (χ4v) is 3.29. The number of hydrogen-bond acceptors (Lipinski definition) is 2. The van der Waals surface area contributed by atoms with E-state index in [1.807, 2.05) is 19.9 Å². The van der Waals surface area contributed by atoms with Crippen LogP contribution in [0.25, 0.3) is 0 Å². The summed E-state index contributed by atoms with van der Waals surface area (Å²) in [5, 5.41) is 0. The van der Waals surface area contributed by atoms with Gasteiger partial charge in [-0.1, -0.05) is 24.6 Å². The molecule has 3 unspecified atom stereocenters. The summed E-state index contributed by atoms with van der Waals surface area (Å²) >= 11 is 0. The molecule has 110 valence electrons. The van der Waals surface area contributed by atoms with Crippen LogP contribution in [-0.2, 0) is 0 Å². The highest BCUT2D eigenvalue weighted by Gasteiger charge is 2.32. The summed E-state index contributed by atoms with van der Waals surface area (Å²) in [4.78, 5) is 15.2. The Morgan fingerprint density at radius 2 is 2.00 bits per heavy atom. The van der Waals surface area contributed by atoms with E-state index in [0.29, 0.717) is 12.0 Å². The summed E-state index contributed by atoms with van der Waals surface area (Å²) in [7, 11) is 0. The fraction of sp³-hybridized carbons (Fsp3) is 0.611. The number of rotatable bonds is 3. The Labute approximate surface area is 123 Å². The van der Waals surface area contributed by atoms with Crippen LogP contribution < -0.4 is 0 Å². The lowest BCUT2D eigenvalue weighted by Crippen LogP contribution is -2.50. The van der Waals surface area contributed by atoms with Crippen LogP contribution in [0.3, 0.4) is 0 Å². The lowest BCUT2D eigenvalue weighted by atomic mass is 9.89. The van der Waals surface area contributed by atoms with Crippen molar-refractivity contribution < 1.29 is 4.79 Å². The molecule has 0 bridgehead atoms. The molecule has 1 aliphatic heterocycles. The smallest absolute Gasteiger partial charge is 0.179 e. The van der Waals surface area contributed by atoms with Crippen molar-refractivity contribution in [2.45, 2.75) is 59.5 Å². The maximum absolute atomic E-state index is 12.8. The molecule has 3 atom stereocenters. The van der Waals surface area contributed by atoms with Gasteiger partial charge in [0.05, 0.1) is 6.04 Å². The zero-order chi connectivity index (χ0) is 14.9. The molecule has 0 N–H and O–H groups in total. The molecule has 1 fully saturated rings. The molecule has 0 aromatic heterocycles. The van der Waals surface area contributed by atoms with Gasteiger partial charge in [-0.25, -0.2) is 0 Å². The Morgan fingerprint density at radius 1 is 1.30 bits per heavy atom. The van der Waals surface area contributed by atoms with Crippen molar-refractivity contribution in [3.05, 3.63) is 34.9 Å². The number of ketones is 1. The van der Waals surface area contributed by atoms with Crippen LogP contribution in [0.15, 0.2) is 18.2 Å². The average molecular weight is 273 g/mol. The van der Waals surface area contributed by atoms with E-state index in [-0.39, 0.29) is 11.8 Å². The zero-order valence-corrected chi connectivity index (χ0v) is 13.4. The number of hydrogen-bond donors (Lipinski definition) is 0. The van der Waals surface area contributed by atoms with Gasteiger partial charge in [0, 0.05) is 11.6 Å². The molecule has 0 aliphatic carbocycles. The Bertz CT molecular complexity index is 494. The van der Waals surface area contributed by atoms with Crippen molar-refractivity contribution in [2.75, 3.05) is 6.54 Å². The van der Waals surface area contributed by atoms with E-state index >= 15 is 0 Å². The first kappa shape index (κ1) is 15.2. The normalized spacial score (nSPS) is 25.4. The van der Waals surface area contributed by atoms with Gasteiger partial charge in [0.15, 0.2) is 5.78 Å². The highest BCUT2D eigenvalue weighted by atomic mass is 16.1. The number of piperidine rings is 1. The third kappa shape index (κ3) is 2.95. The van der Waals surface area contributed by atoms with Crippen molar-refractivity contribution in [3.8, 4) is 0 Å². The summed E-state index contributed by atoms with van der Waals surface area (Å²) in [5.41, 5.74) is 3.14. The first-order chi connectivity index (χ1) is 9.41. The topological polar surface area (TPSA) is 20.3 Å². The van der Waals surface area contributed by atoms with Crippen molar-refractivity contribution in [1.82, 2.24) is 4.90 Å². The predicted octanol–water partition coefficient (Wildman–Crippen LogP) is 4.00. The van der Waals surface area contributed by atoms with Gasteiger partial charge >= 0.3 is 0 Å². The molecular formula is C18H27NO. The summed E-state index contributed by atoms with van der Waals surface area (Å²) < 4.78 is 0. The molecule has 0 saturated carbocycles. The Kier molecular flexibility index (Phi) is 4.64. The molecule has 2 rings (SSSR count). The van der Waals surface area contributed by atoms with E-state index in [9.17, 15) is 4.79 Å². The largest absolute Gasteiger partial charge is 0.292 e. The minimum Gasteiger partial charge on any atom is -0.292 e. The first-order valence-corrected chi connectivity index (χ1v) is 7.79. The third-order valence-corrected chi connectivity index (χ3v) is 4.96. The molecular weight excluding hydrogens is 246 g/mol.